The van der Waals surface area contributed by atoms with E-state index in [1.54, 1.807) is 0 Å². The van der Waals surface area contributed by atoms with Gasteiger partial charge in [0, 0.05) is 0 Å². The van der Waals surface area contributed by atoms with Crippen LogP contribution >= 0.6 is 0 Å². The van der Waals surface area contributed by atoms with Crippen molar-refractivity contribution >= 4 is 11.9 Å². The van der Waals surface area contributed by atoms with Gasteiger partial charge in [-0.3, -0.25) is 15.4 Å². The number of nitrogens with two attached hydrogens (primary N) is 1. The molecule has 0 spiro atoms. The van der Waals surface area contributed by atoms with E-state index in [1.165, 1.54) is 0 Å². The number of carbonyl (C=O) groups is 2. The minimum atomic E-state index is -0.863. The van der Waals surface area contributed by atoms with E-state index in [0.717, 1.165) is 0 Å². The summed E-state index contributed by atoms with van der Waals surface area (Å²) in [6.45, 7) is 0.277. The summed E-state index contributed by atoms with van der Waals surface area (Å²) in [5, 5.41) is 4.45. The van der Waals surface area contributed by atoms with Gasteiger partial charge >= 0.3 is 6.03 Å². The Bertz CT molecular complexity index is 194. The van der Waals surface area contributed by atoms with Gasteiger partial charge in [0.2, 0.25) is 5.91 Å². The number of primary amides is 1. The van der Waals surface area contributed by atoms with Crippen LogP contribution in [-0.4, -0.2) is 25.0 Å². The van der Waals surface area contributed by atoms with Crippen LogP contribution in [0.5, 0.6) is 0 Å². The topological polar surface area (TPSA) is 84.2 Å². The number of nitrogens with one attached hydrogen (secondary N) is 2. The molecule has 0 aromatic heterocycles. The van der Waals surface area contributed by atoms with E-state index in [4.69, 9.17) is 6.42 Å². The van der Waals surface area contributed by atoms with Crippen LogP contribution in [0.25, 0.3) is 0 Å². The summed E-state index contributed by atoms with van der Waals surface area (Å²) in [6.07, 6.45) is 4.88. The molecule has 4 N–H and O–H groups in total. The van der Waals surface area contributed by atoms with Crippen LogP contribution in [0.15, 0.2) is 0 Å². The van der Waals surface area contributed by atoms with E-state index in [9.17, 15) is 9.59 Å². The Balaban J connectivity index is 3.39. The molecule has 0 aliphatic heterocycles. The molecule has 0 heterocycles. The van der Waals surface area contributed by atoms with Gasteiger partial charge in [0.1, 0.15) is 0 Å². The van der Waals surface area contributed by atoms with Crippen LogP contribution in [-0.2, 0) is 4.79 Å². The smallest absolute Gasteiger partial charge is 0.318 e. The number of hydrogen-bond donors (Lipinski definition) is 3. The second-order valence-corrected chi connectivity index (χ2v) is 1.72. The van der Waals surface area contributed by atoms with E-state index >= 15 is 0 Å². The first-order valence-corrected chi connectivity index (χ1v) is 2.90. The van der Waals surface area contributed by atoms with Crippen LogP contribution in [0.4, 0.5) is 4.79 Å². The van der Waals surface area contributed by atoms with Gasteiger partial charge in [0.25, 0.3) is 0 Å². The molecule has 0 atom stereocenters. The van der Waals surface area contributed by atoms with E-state index in [0.29, 0.717) is 0 Å². The molecule has 0 aliphatic rings. The monoisotopic (exact) mass is 155 g/mol. The lowest BCUT2D eigenvalue weighted by Gasteiger charge is -1.99. The van der Waals surface area contributed by atoms with E-state index in [2.05, 4.69) is 17.0 Å². The fraction of sp³-hybridized carbons (Fsp3) is 0.333. The normalized spacial score (nSPS) is 8.27. The summed E-state index contributed by atoms with van der Waals surface area (Å²) >= 11 is 0. The van der Waals surface area contributed by atoms with Gasteiger partial charge in [-0.05, 0) is 0 Å². The van der Waals surface area contributed by atoms with Crippen molar-refractivity contribution in [3.05, 3.63) is 0 Å². The number of hydrogen-bond acceptors (Lipinski definition) is 3. The predicted molar refractivity (Wildman–Crippen MR) is 39.4 cm³/mol. The summed E-state index contributed by atoms with van der Waals surface area (Å²) in [6, 6.07) is -0.863. The van der Waals surface area contributed by atoms with Crippen molar-refractivity contribution in [1.29, 1.82) is 0 Å². The molecule has 0 aromatic rings. The minimum absolute atomic E-state index is 0.00681. The average molecular weight is 155 g/mol. The molecule has 0 unspecified atom stereocenters. The van der Waals surface area contributed by atoms with Crippen molar-refractivity contribution in [2.45, 2.75) is 0 Å². The molecule has 60 valence electrons. The Kier molecular flexibility index (Phi) is 4.52. The van der Waals surface area contributed by atoms with Crippen LogP contribution in [0, 0.1) is 12.3 Å². The van der Waals surface area contributed by atoms with Gasteiger partial charge in [-0.2, -0.15) is 0 Å². The number of imide groups is 1. The van der Waals surface area contributed by atoms with Gasteiger partial charge in [-0.25, -0.2) is 4.79 Å². The van der Waals surface area contributed by atoms with Gasteiger partial charge < -0.3 is 5.73 Å². The number of terminal acetylenes is 1. The predicted octanol–water partition coefficient (Wildman–Crippen LogP) is -1.60. The standard InChI is InChI=1S/C6H9N3O2/c1-2-3-8-4-5(10)9-6(7)11/h1,8H,3-4H2,(H3,7,9,10,11). The van der Waals surface area contributed by atoms with Crippen LogP contribution in [0.3, 0.4) is 0 Å². The summed E-state index contributed by atoms with van der Waals surface area (Å²) in [5.41, 5.74) is 4.66. The van der Waals surface area contributed by atoms with Crippen molar-refractivity contribution in [2.75, 3.05) is 13.1 Å². The number of amides is 3. The Morgan fingerprint density at radius 2 is 2.18 bits per heavy atom. The van der Waals surface area contributed by atoms with Crippen molar-refractivity contribution in [3.63, 3.8) is 0 Å². The second-order valence-electron chi connectivity index (χ2n) is 1.72. The fourth-order valence-corrected chi connectivity index (χ4v) is 0.430. The highest BCUT2D eigenvalue weighted by molar-refractivity contribution is 5.94. The third kappa shape index (κ3) is 6.34. The maximum atomic E-state index is 10.6. The third-order valence-electron chi connectivity index (χ3n) is 0.775. The highest BCUT2D eigenvalue weighted by Gasteiger charge is 2.00. The SMILES string of the molecule is C#CCNCC(=O)NC(N)=O. The van der Waals surface area contributed by atoms with Crippen molar-refractivity contribution < 1.29 is 9.59 Å². The van der Waals surface area contributed by atoms with E-state index in [-0.39, 0.29) is 13.1 Å². The Morgan fingerprint density at radius 3 is 2.64 bits per heavy atom. The first kappa shape index (κ1) is 9.46. The summed E-state index contributed by atoms with van der Waals surface area (Å²) < 4.78 is 0. The second kappa shape index (κ2) is 5.26. The third-order valence-corrected chi connectivity index (χ3v) is 0.775. The lowest BCUT2D eigenvalue weighted by Crippen LogP contribution is -2.40. The molecule has 0 bridgehead atoms. The molecule has 0 saturated carbocycles. The average Bonchev–Trinajstić information content (AvgIpc) is 1.86. The lowest BCUT2D eigenvalue weighted by atomic mass is 10.5. The summed E-state index contributed by atoms with van der Waals surface area (Å²) in [7, 11) is 0. The maximum absolute atomic E-state index is 10.6. The fourth-order valence-electron chi connectivity index (χ4n) is 0.430. The molecule has 3 amide bonds. The first-order chi connectivity index (χ1) is 5.16. The quantitative estimate of drug-likeness (QED) is 0.339. The highest BCUT2D eigenvalue weighted by Crippen LogP contribution is 1.62. The largest absolute Gasteiger partial charge is 0.351 e. The molecule has 0 fully saturated rings. The van der Waals surface area contributed by atoms with Crippen molar-refractivity contribution in [1.82, 2.24) is 10.6 Å². The lowest BCUT2D eigenvalue weighted by molar-refractivity contribution is -0.119. The Hall–Kier alpha value is -1.54. The van der Waals surface area contributed by atoms with Gasteiger partial charge in [-0.1, -0.05) is 5.92 Å². The highest BCUT2D eigenvalue weighted by atomic mass is 16.2. The van der Waals surface area contributed by atoms with Crippen LogP contribution in [0.1, 0.15) is 0 Å². The van der Waals surface area contributed by atoms with Crippen molar-refractivity contribution in [2.24, 2.45) is 5.73 Å². The minimum Gasteiger partial charge on any atom is -0.351 e. The summed E-state index contributed by atoms with van der Waals surface area (Å²) in [4.78, 5) is 20.6. The number of rotatable bonds is 3. The van der Waals surface area contributed by atoms with Gasteiger partial charge in [0.05, 0.1) is 13.1 Å². The number of urea groups is 1. The van der Waals surface area contributed by atoms with E-state index < -0.39 is 11.9 Å². The molecule has 0 saturated heterocycles. The molecule has 0 aromatic carbocycles. The zero-order valence-electron chi connectivity index (χ0n) is 5.89. The van der Waals surface area contributed by atoms with Crippen LogP contribution < -0.4 is 16.4 Å². The zero-order valence-corrected chi connectivity index (χ0v) is 5.89. The molecule has 0 rings (SSSR count). The Labute approximate surface area is 64.3 Å². The molecule has 5 nitrogen and oxygen atoms in total. The van der Waals surface area contributed by atoms with Gasteiger partial charge in [0.15, 0.2) is 0 Å². The molecule has 0 radical (unpaired) electrons. The first-order valence-electron chi connectivity index (χ1n) is 2.90. The van der Waals surface area contributed by atoms with E-state index in [1.807, 2.05) is 5.32 Å². The molecule has 11 heavy (non-hydrogen) atoms. The van der Waals surface area contributed by atoms with Gasteiger partial charge in [-0.15, -0.1) is 6.42 Å². The Morgan fingerprint density at radius 1 is 1.55 bits per heavy atom. The maximum Gasteiger partial charge on any atom is 0.318 e. The number of carbonyl (C=O) groups excluding carboxylic acids is 2. The molecular formula is C6H9N3O2. The van der Waals surface area contributed by atoms with Crippen LogP contribution in [0.2, 0.25) is 0 Å². The van der Waals surface area contributed by atoms with Crippen molar-refractivity contribution in [3.8, 4) is 12.3 Å². The summed E-state index contributed by atoms with van der Waals surface area (Å²) in [5.74, 6) is 1.78. The molecule has 5 heteroatoms. The molecule has 0 aliphatic carbocycles. The molecular weight excluding hydrogens is 146 g/mol. The zero-order chi connectivity index (χ0) is 8.69.